The van der Waals surface area contributed by atoms with E-state index in [1.54, 1.807) is 19.1 Å². The number of aromatic nitrogens is 3. The van der Waals surface area contributed by atoms with Crippen molar-refractivity contribution >= 4 is 5.78 Å². The Morgan fingerprint density at radius 2 is 1.67 bits per heavy atom. The van der Waals surface area contributed by atoms with E-state index >= 15 is 0 Å². The molecule has 2 aromatic heterocycles. The van der Waals surface area contributed by atoms with E-state index in [1.807, 2.05) is 44.4 Å². The minimum absolute atomic E-state index is 0.162. The average molecular weight is 404 g/mol. The lowest BCUT2D eigenvalue weighted by molar-refractivity contribution is 0.0968. The van der Waals surface area contributed by atoms with Crippen molar-refractivity contribution in [3.05, 3.63) is 84.9 Å². The van der Waals surface area contributed by atoms with Crippen LogP contribution in [0.1, 0.15) is 45.4 Å². The molecular weight excluding hydrogens is 380 g/mol. The van der Waals surface area contributed by atoms with E-state index in [0.29, 0.717) is 12.1 Å². The Kier molecular flexibility index (Phi) is 5.61. The van der Waals surface area contributed by atoms with Crippen LogP contribution in [0.25, 0.3) is 5.69 Å². The summed E-state index contributed by atoms with van der Waals surface area (Å²) >= 11 is 0. The van der Waals surface area contributed by atoms with Crippen LogP contribution in [0.5, 0.6) is 0 Å². The van der Waals surface area contributed by atoms with E-state index < -0.39 is 17.8 Å². The molecule has 0 fully saturated rings. The van der Waals surface area contributed by atoms with Gasteiger partial charge in [0.1, 0.15) is 11.6 Å². The maximum atomic E-state index is 13.1. The molecule has 0 unspecified atom stereocenters. The summed E-state index contributed by atoms with van der Waals surface area (Å²) in [5.41, 5.74) is 3.75. The van der Waals surface area contributed by atoms with Crippen molar-refractivity contribution in [2.75, 3.05) is 0 Å². The minimum atomic E-state index is -0.747. The topological polar surface area (TPSA) is 89.8 Å². The Morgan fingerprint density at radius 3 is 2.23 bits per heavy atom. The third-order valence-electron chi connectivity index (χ3n) is 5.20. The fourth-order valence-electron chi connectivity index (χ4n) is 3.85. The van der Waals surface area contributed by atoms with Crippen molar-refractivity contribution in [1.29, 1.82) is 5.26 Å². The van der Waals surface area contributed by atoms with Gasteiger partial charge in [0.05, 0.1) is 6.54 Å². The number of rotatable bonds is 5. The SMILES string of the molecule is CCn1cc(C#N)c(=O)n(CC(=O)c2cc(C)n(-c3cc(C)cc(C)c3)c2C)c1=O. The van der Waals surface area contributed by atoms with Crippen molar-refractivity contribution in [2.45, 2.75) is 47.7 Å². The van der Waals surface area contributed by atoms with Crippen LogP contribution in [0.2, 0.25) is 0 Å². The summed E-state index contributed by atoms with van der Waals surface area (Å²) in [6.07, 6.45) is 1.23. The molecule has 0 N–H and O–H groups in total. The number of aryl methyl sites for hydroxylation is 4. The van der Waals surface area contributed by atoms with E-state index in [9.17, 15) is 19.6 Å². The summed E-state index contributed by atoms with van der Waals surface area (Å²) in [5.74, 6) is -0.351. The van der Waals surface area contributed by atoms with Gasteiger partial charge in [0, 0.05) is 35.4 Å². The molecule has 0 amide bonds. The highest BCUT2D eigenvalue weighted by molar-refractivity contribution is 5.97. The number of nitriles is 1. The third kappa shape index (κ3) is 3.64. The van der Waals surface area contributed by atoms with Crippen LogP contribution in [0.15, 0.2) is 40.1 Å². The summed E-state index contributed by atoms with van der Waals surface area (Å²) in [5, 5.41) is 9.19. The maximum absolute atomic E-state index is 13.1. The van der Waals surface area contributed by atoms with Gasteiger partial charge < -0.3 is 4.57 Å². The molecule has 0 bridgehead atoms. The summed E-state index contributed by atoms with van der Waals surface area (Å²) in [4.78, 5) is 38.1. The zero-order valence-electron chi connectivity index (χ0n) is 17.8. The monoisotopic (exact) mass is 404 g/mol. The quantitative estimate of drug-likeness (QED) is 0.612. The fourth-order valence-corrected chi connectivity index (χ4v) is 3.85. The van der Waals surface area contributed by atoms with Crippen LogP contribution in [0.3, 0.4) is 0 Å². The Hall–Kier alpha value is -3.66. The molecule has 0 aliphatic heterocycles. The standard InChI is InChI=1S/C23H24N4O3/c1-6-25-12-18(11-24)22(29)26(23(25)30)13-21(28)20-10-16(4)27(17(20)5)19-8-14(2)7-15(3)9-19/h7-10,12H,6,13H2,1-5H3. The Labute approximate surface area is 174 Å². The second-order valence-corrected chi connectivity index (χ2v) is 7.50. The number of ketones is 1. The molecule has 1 aromatic carbocycles. The van der Waals surface area contributed by atoms with E-state index in [1.165, 1.54) is 10.8 Å². The molecule has 0 saturated carbocycles. The zero-order chi connectivity index (χ0) is 22.2. The lowest BCUT2D eigenvalue weighted by Gasteiger charge is -2.12. The average Bonchev–Trinajstić information content (AvgIpc) is 2.98. The van der Waals surface area contributed by atoms with Crippen LogP contribution in [0.4, 0.5) is 0 Å². The molecule has 0 saturated heterocycles. The van der Waals surface area contributed by atoms with Crippen LogP contribution in [0, 0.1) is 39.0 Å². The molecule has 7 heteroatoms. The predicted octanol–water partition coefficient (Wildman–Crippen LogP) is 2.81. The number of hydrogen-bond donors (Lipinski definition) is 0. The van der Waals surface area contributed by atoms with E-state index in [-0.39, 0.29) is 11.3 Å². The predicted molar refractivity (Wildman–Crippen MR) is 114 cm³/mol. The van der Waals surface area contributed by atoms with Gasteiger partial charge in [-0.25, -0.2) is 4.79 Å². The Balaban J connectivity index is 2.08. The number of carbonyl (C=O) groups excluding carboxylic acids is 1. The maximum Gasteiger partial charge on any atom is 0.331 e. The highest BCUT2D eigenvalue weighted by Crippen LogP contribution is 2.23. The fraction of sp³-hybridized carbons (Fsp3) is 0.304. The first-order valence-corrected chi connectivity index (χ1v) is 9.73. The molecule has 30 heavy (non-hydrogen) atoms. The Bertz CT molecular complexity index is 1300. The van der Waals surface area contributed by atoms with Crippen molar-refractivity contribution in [2.24, 2.45) is 0 Å². The molecule has 3 rings (SSSR count). The molecular formula is C23H24N4O3. The van der Waals surface area contributed by atoms with Crippen LogP contribution in [-0.4, -0.2) is 19.5 Å². The zero-order valence-corrected chi connectivity index (χ0v) is 17.8. The summed E-state index contributed by atoms with van der Waals surface area (Å²) < 4.78 is 4.09. The molecule has 0 spiro atoms. The minimum Gasteiger partial charge on any atom is -0.318 e. The largest absolute Gasteiger partial charge is 0.331 e. The third-order valence-corrected chi connectivity index (χ3v) is 5.20. The van der Waals surface area contributed by atoms with Gasteiger partial charge in [0.15, 0.2) is 5.78 Å². The van der Waals surface area contributed by atoms with Gasteiger partial charge in [0.25, 0.3) is 5.56 Å². The summed E-state index contributed by atoms with van der Waals surface area (Å²) in [6, 6.07) is 9.74. The Morgan fingerprint density at radius 1 is 1.03 bits per heavy atom. The van der Waals surface area contributed by atoms with Gasteiger partial charge in [0.2, 0.25) is 0 Å². The summed E-state index contributed by atoms with van der Waals surface area (Å²) in [7, 11) is 0. The smallest absolute Gasteiger partial charge is 0.318 e. The van der Waals surface area contributed by atoms with E-state index in [2.05, 4.69) is 6.07 Å². The highest BCUT2D eigenvalue weighted by Gasteiger charge is 2.20. The molecule has 0 aliphatic carbocycles. The normalized spacial score (nSPS) is 10.8. The molecule has 7 nitrogen and oxygen atoms in total. The first-order chi connectivity index (χ1) is 14.2. The van der Waals surface area contributed by atoms with Gasteiger partial charge in [-0.05, 0) is 63.9 Å². The van der Waals surface area contributed by atoms with E-state index in [0.717, 1.165) is 32.8 Å². The van der Waals surface area contributed by atoms with Crippen LogP contribution >= 0.6 is 0 Å². The molecule has 0 atom stereocenters. The van der Waals surface area contributed by atoms with Gasteiger partial charge in [-0.15, -0.1) is 0 Å². The number of hydrogen-bond acceptors (Lipinski definition) is 4. The van der Waals surface area contributed by atoms with Crippen LogP contribution < -0.4 is 11.2 Å². The molecule has 154 valence electrons. The van der Waals surface area contributed by atoms with Crippen molar-refractivity contribution < 1.29 is 4.79 Å². The van der Waals surface area contributed by atoms with Crippen molar-refractivity contribution in [3.8, 4) is 11.8 Å². The first kappa shape index (κ1) is 21.1. The van der Waals surface area contributed by atoms with Crippen molar-refractivity contribution in [3.63, 3.8) is 0 Å². The number of nitrogens with zero attached hydrogens (tertiary/aromatic N) is 4. The molecule has 0 radical (unpaired) electrons. The van der Waals surface area contributed by atoms with E-state index in [4.69, 9.17) is 0 Å². The number of carbonyl (C=O) groups is 1. The summed E-state index contributed by atoms with van der Waals surface area (Å²) in [6.45, 7) is 9.41. The lowest BCUT2D eigenvalue weighted by atomic mass is 10.1. The lowest BCUT2D eigenvalue weighted by Crippen LogP contribution is -2.42. The highest BCUT2D eigenvalue weighted by atomic mass is 16.2. The molecule has 2 heterocycles. The van der Waals surface area contributed by atoms with Gasteiger partial charge in [-0.3, -0.25) is 18.7 Å². The van der Waals surface area contributed by atoms with Crippen molar-refractivity contribution in [1.82, 2.24) is 13.7 Å². The van der Waals surface area contributed by atoms with Gasteiger partial charge in [-0.1, -0.05) is 6.07 Å². The van der Waals surface area contributed by atoms with Gasteiger partial charge >= 0.3 is 5.69 Å². The number of Topliss-reactive ketones (excluding diaryl/α,β-unsaturated/α-hetero) is 1. The van der Waals surface area contributed by atoms with Crippen LogP contribution in [-0.2, 0) is 13.1 Å². The first-order valence-electron chi connectivity index (χ1n) is 9.73. The molecule has 3 aromatic rings. The van der Waals surface area contributed by atoms with Gasteiger partial charge in [-0.2, -0.15) is 5.26 Å². The number of benzene rings is 1. The molecule has 0 aliphatic rings. The second kappa shape index (κ2) is 7.99. The second-order valence-electron chi connectivity index (χ2n) is 7.50.